The summed E-state index contributed by atoms with van der Waals surface area (Å²) in [5.41, 5.74) is 15.9. The summed E-state index contributed by atoms with van der Waals surface area (Å²) in [5, 5.41) is 16.7. The van der Waals surface area contributed by atoms with Gasteiger partial charge < -0.3 is 38.3 Å². The summed E-state index contributed by atoms with van der Waals surface area (Å²) in [6, 6.07) is -4.91. The SMILES string of the molecule is CCC(C)C(NC(=O)C(NC(=O)C(CC(N)=O)NC(=O)C(N)CCC(N)=O)C(C)CC)C(=O)O. The third-order valence-electron chi connectivity index (χ3n) is 5.65. The van der Waals surface area contributed by atoms with Gasteiger partial charge in [-0.3, -0.25) is 24.0 Å². The lowest BCUT2D eigenvalue weighted by Gasteiger charge is -2.29. The molecule has 0 aliphatic carbocycles. The Kier molecular flexibility index (Phi) is 13.4. The van der Waals surface area contributed by atoms with Crippen molar-refractivity contribution in [3.05, 3.63) is 0 Å². The molecule has 0 saturated heterocycles. The van der Waals surface area contributed by atoms with Crippen LogP contribution in [0, 0.1) is 11.8 Å². The number of carbonyl (C=O) groups excluding carboxylic acids is 5. The lowest BCUT2D eigenvalue weighted by Crippen LogP contribution is -2.59. The van der Waals surface area contributed by atoms with E-state index in [0.29, 0.717) is 12.8 Å². The van der Waals surface area contributed by atoms with Crippen molar-refractivity contribution in [2.45, 2.75) is 84.0 Å². The van der Waals surface area contributed by atoms with E-state index in [1.165, 1.54) is 0 Å². The molecule has 0 heterocycles. The van der Waals surface area contributed by atoms with Crippen molar-refractivity contribution in [2.75, 3.05) is 0 Å². The van der Waals surface area contributed by atoms with Crippen LogP contribution in [0.5, 0.6) is 0 Å². The van der Waals surface area contributed by atoms with E-state index in [0.717, 1.165) is 0 Å². The standard InChI is InChI=1S/C21H38N6O7/c1-5-10(3)16(20(32)27-17(21(33)34)11(4)6-2)26-19(31)13(9-15(24)29)25-18(30)12(22)7-8-14(23)28/h10-13,16-17H,5-9,22H2,1-4H3,(H2,23,28)(H2,24,29)(H,25,30)(H,26,31)(H,27,32)(H,33,34). The van der Waals surface area contributed by atoms with Gasteiger partial charge in [-0.25, -0.2) is 4.79 Å². The zero-order chi connectivity index (χ0) is 26.6. The Morgan fingerprint density at radius 3 is 1.71 bits per heavy atom. The second-order valence-corrected chi connectivity index (χ2v) is 8.42. The van der Waals surface area contributed by atoms with E-state index in [-0.39, 0.29) is 18.8 Å². The molecule has 0 bridgehead atoms. The Balaban J connectivity index is 5.59. The van der Waals surface area contributed by atoms with E-state index in [1.807, 2.05) is 0 Å². The van der Waals surface area contributed by atoms with E-state index >= 15 is 0 Å². The topological polar surface area (TPSA) is 237 Å². The molecular formula is C21H38N6O7. The Morgan fingerprint density at radius 1 is 0.765 bits per heavy atom. The number of rotatable bonds is 16. The fourth-order valence-corrected chi connectivity index (χ4v) is 3.00. The van der Waals surface area contributed by atoms with Crippen molar-refractivity contribution in [3.8, 4) is 0 Å². The Hall–Kier alpha value is -3.22. The highest BCUT2D eigenvalue weighted by Crippen LogP contribution is 2.12. The van der Waals surface area contributed by atoms with Gasteiger partial charge >= 0.3 is 5.97 Å². The lowest BCUT2D eigenvalue weighted by atomic mass is 9.95. The summed E-state index contributed by atoms with van der Waals surface area (Å²) in [6.45, 7) is 6.92. The number of amides is 5. The quantitative estimate of drug-likeness (QED) is 0.129. The number of hydrogen-bond acceptors (Lipinski definition) is 7. The van der Waals surface area contributed by atoms with Crippen molar-refractivity contribution in [1.29, 1.82) is 0 Å². The van der Waals surface area contributed by atoms with Gasteiger partial charge in [0, 0.05) is 6.42 Å². The van der Waals surface area contributed by atoms with Gasteiger partial charge in [0.15, 0.2) is 0 Å². The zero-order valence-corrected chi connectivity index (χ0v) is 20.1. The van der Waals surface area contributed by atoms with Crippen molar-refractivity contribution in [2.24, 2.45) is 29.0 Å². The first-order chi connectivity index (χ1) is 15.7. The first-order valence-electron chi connectivity index (χ1n) is 11.2. The van der Waals surface area contributed by atoms with Crippen LogP contribution in [0.25, 0.3) is 0 Å². The van der Waals surface area contributed by atoms with Crippen LogP contribution in [0.4, 0.5) is 0 Å². The van der Waals surface area contributed by atoms with Gasteiger partial charge in [-0.15, -0.1) is 0 Å². The van der Waals surface area contributed by atoms with Gasteiger partial charge in [-0.2, -0.15) is 0 Å². The molecular weight excluding hydrogens is 448 g/mol. The summed E-state index contributed by atoms with van der Waals surface area (Å²) >= 11 is 0. The summed E-state index contributed by atoms with van der Waals surface area (Å²) in [4.78, 5) is 72.1. The average Bonchev–Trinajstić information content (AvgIpc) is 2.76. The molecule has 6 unspecified atom stereocenters. The predicted octanol–water partition coefficient (Wildman–Crippen LogP) is -1.91. The summed E-state index contributed by atoms with van der Waals surface area (Å²) in [6.07, 6.45) is 0.165. The van der Waals surface area contributed by atoms with Gasteiger partial charge in [0.1, 0.15) is 18.1 Å². The van der Waals surface area contributed by atoms with Crippen LogP contribution in [0.2, 0.25) is 0 Å². The Morgan fingerprint density at radius 2 is 1.26 bits per heavy atom. The number of carboxylic acid groups (broad SMARTS) is 1. The van der Waals surface area contributed by atoms with Crippen molar-refractivity contribution < 1.29 is 33.9 Å². The van der Waals surface area contributed by atoms with Crippen LogP contribution in [-0.2, 0) is 28.8 Å². The number of aliphatic carboxylic acids is 1. The zero-order valence-electron chi connectivity index (χ0n) is 20.1. The third-order valence-corrected chi connectivity index (χ3v) is 5.65. The highest BCUT2D eigenvalue weighted by Gasteiger charge is 2.34. The van der Waals surface area contributed by atoms with Crippen LogP contribution in [0.1, 0.15) is 59.8 Å². The van der Waals surface area contributed by atoms with Crippen LogP contribution in [0.15, 0.2) is 0 Å². The van der Waals surface area contributed by atoms with E-state index in [1.54, 1.807) is 27.7 Å². The molecule has 0 aliphatic rings. The smallest absolute Gasteiger partial charge is 0.326 e. The maximum atomic E-state index is 12.9. The fraction of sp³-hybridized carbons (Fsp3) is 0.714. The number of carboxylic acids is 1. The Bertz CT molecular complexity index is 760. The molecule has 6 atom stereocenters. The maximum Gasteiger partial charge on any atom is 0.326 e. The molecule has 34 heavy (non-hydrogen) atoms. The maximum absolute atomic E-state index is 12.9. The van der Waals surface area contributed by atoms with Crippen LogP contribution >= 0.6 is 0 Å². The molecule has 13 heteroatoms. The first-order valence-corrected chi connectivity index (χ1v) is 11.2. The van der Waals surface area contributed by atoms with E-state index in [9.17, 15) is 33.9 Å². The van der Waals surface area contributed by atoms with Gasteiger partial charge in [-0.05, 0) is 18.3 Å². The fourth-order valence-electron chi connectivity index (χ4n) is 3.00. The molecule has 0 aromatic rings. The second-order valence-electron chi connectivity index (χ2n) is 8.42. The molecule has 5 amide bonds. The highest BCUT2D eigenvalue weighted by molar-refractivity contribution is 5.96. The molecule has 0 aromatic heterocycles. The van der Waals surface area contributed by atoms with E-state index < -0.39 is 72.0 Å². The summed E-state index contributed by atoms with van der Waals surface area (Å²) < 4.78 is 0. The van der Waals surface area contributed by atoms with Crippen LogP contribution in [-0.4, -0.2) is 64.8 Å². The Labute approximate surface area is 198 Å². The number of hydrogen-bond donors (Lipinski definition) is 7. The number of nitrogens with two attached hydrogens (primary N) is 3. The molecule has 194 valence electrons. The van der Waals surface area contributed by atoms with Crippen molar-refractivity contribution >= 4 is 35.5 Å². The largest absolute Gasteiger partial charge is 0.480 e. The minimum atomic E-state index is -1.44. The molecule has 0 aliphatic heterocycles. The van der Waals surface area contributed by atoms with Crippen LogP contribution in [0.3, 0.4) is 0 Å². The predicted molar refractivity (Wildman–Crippen MR) is 123 cm³/mol. The molecule has 0 radical (unpaired) electrons. The molecule has 13 nitrogen and oxygen atoms in total. The van der Waals surface area contributed by atoms with Crippen LogP contribution < -0.4 is 33.2 Å². The van der Waals surface area contributed by atoms with Crippen molar-refractivity contribution in [1.82, 2.24) is 16.0 Å². The van der Waals surface area contributed by atoms with Crippen molar-refractivity contribution in [3.63, 3.8) is 0 Å². The van der Waals surface area contributed by atoms with E-state index in [4.69, 9.17) is 17.2 Å². The highest BCUT2D eigenvalue weighted by atomic mass is 16.4. The van der Waals surface area contributed by atoms with Gasteiger partial charge in [0.25, 0.3) is 0 Å². The number of nitrogens with one attached hydrogen (secondary N) is 3. The van der Waals surface area contributed by atoms with Gasteiger partial charge in [-0.1, -0.05) is 40.5 Å². The van der Waals surface area contributed by atoms with Gasteiger partial charge in [0.05, 0.1) is 12.5 Å². The molecule has 0 saturated carbocycles. The second kappa shape index (κ2) is 14.8. The minimum Gasteiger partial charge on any atom is -0.480 e. The summed E-state index contributed by atoms with van der Waals surface area (Å²) in [5.74, 6) is -5.91. The minimum absolute atomic E-state index is 0.0732. The lowest BCUT2D eigenvalue weighted by molar-refractivity contribution is -0.144. The normalized spacial score (nSPS) is 16.1. The molecule has 0 spiro atoms. The summed E-state index contributed by atoms with van der Waals surface area (Å²) in [7, 11) is 0. The molecule has 0 fully saturated rings. The van der Waals surface area contributed by atoms with Gasteiger partial charge in [0.2, 0.25) is 29.5 Å². The van der Waals surface area contributed by atoms with E-state index in [2.05, 4.69) is 16.0 Å². The molecule has 10 N–H and O–H groups in total. The first kappa shape index (κ1) is 30.8. The monoisotopic (exact) mass is 486 g/mol. The number of primary amides is 2. The molecule has 0 aromatic carbocycles. The average molecular weight is 487 g/mol. The number of carbonyl (C=O) groups is 6. The third kappa shape index (κ3) is 10.6. The molecule has 0 rings (SSSR count).